The molecule has 0 radical (unpaired) electrons. The van der Waals surface area contributed by atoms with Gasteiger partial charge in [-0.05, 0) is 23.3 Å². The van der Waals surface area contributed by atoms with Crippen LogP contribution in [0, 0.1) is 5.41 Å². The number of hydrogen-bond donors (Lipinski definition) is 0. The van der Waals surface area contributed by atoms with Crippen molar-refractivity contribution < 1.29 is 13.2 Å². The lowest BCUT2D eigenvalue weighted by Gasteiger charge is -2.25. The lowest BCUT2D eigenvalue weighted by atomic mass is 9.91. The SMILES string of the molecule is CC(C)(C)CC(=O)N1CCCN(S(=O)(=O)c2cccs2)CC1. The lowest BCUT2D eigenvalue weighted by molar-refractivity contribution is -0.132. The van der Waals surface area contributed by atoms with Gasteiger partial charge in [0.25, 0.3) is 10.0 Å². The van der Waals surface area contributed by atoms with Crippen molar-refractivity contribution in [2.24, 2.45) is 5.41 Å². The smallest absolute Gasteiger partial charge is 0.252 e. The Bertz CT molecular complexity index is 603. The predicted molar refractivity (Wildman–Crippen MR) is 88.3 cm³/mol. The molecule has 0 spiro atoms. The summed E-state index contributed by atoms with van der Waals surface area (Å²) in [4.78, 5) is 14.1. The molecule has 5 nitrogen and oxygen atoms in total. The van der Waals surface area contributed by atoms with Crippen LogP contribution in [-0.4, -0.2) is 49.7 Å². The minimum Gasteiger partial charge on any atom is -0.341 e. The molecule has 0 N–H and O–H groups in total. The van der Waals surface area contributed by atoms with Crippen LogP contribution in [0.2, 0.25) is 0 Å². The van der Waals surface area contributed by atoms with Crippen LogP contribution < -0.4 is 0 Å². The fraction of sp³-hybridized carbons (Fsp3) is 0.667. The van der Waals surface area contributed by atoms with E-state index in [-0.39, 0.29) is 11.3 Å². The maximum atomic E-state index is 12.5. The van der Waals surface area contributed by atoms with Crippen molar-refractivity contribution in [1.82, 2.24) is 9.21 Å². The first kappa shape index (κ1) is 17.4. The third-order valence-corrected chi connectivity index (χ3v) is 6.85. The van der Waals surface area contributed by atoms with E-state index in [1.807, 2.05) is 20.8 Å². The van der Waals surface area contributed by atoms with E-state index in [0.29, 0.717) is 43.2 Å². The van der Waals surface area contributed by atoms with E-state index in [1.165, 1.54) is 15.6 Å². The van der Waals surface area contributed by atoms with Crippen LogP contribution in [0.3, 0.4) is 0 Å². The fourth-order valence-electron chi connectivity index (χ4n) is 2.49. The Balaban J connectivity index is 2.03. The van der Waals surface area contributed by atoms with E-state index in [4.69, 9.17) is 0 Å². The highest BCUT2D eigenvalue weighted by Gasteiger charge is 2.29. The molecule has 1 aliphatic rings. The molecule has 22 heavy (non-hydrogen) atoms. The molecule has 2 heterocycles. The molecule has 0 saturated carbocycles. The van der Waals surface area contributed by atoms with Crippen LogP contribution in [0.5, 0.6) is 0 Å². The van der Waals surface area contributed by atoms with Gasteiger partial charge in [0.05, 0.1) is 0 Å². The van der Waals surface area contributed by atoms with Crippen LogP contribution in [0.4, 0.5) is 0 Å². The number of sulfonamides is 1. The van der Waals surface area contributed by atoms with Gasteiger partial charge < -0.3 is 4.90 Å². The number of nitrogens with zero attached hydrogens (tertiary/aromatic N) is 2. The van der Waals surface area contributed by atoms with Crippen molar-refractivity contribution in [3.63, 3.8) is 0 Å². The van der Waals surface area contributed by atoms with Crippen LogP contribution >= 0.6 is 11.3 Å². The van der Waals surface area contributed by atoms with E-state index < -0.39 is 10.0 Å². The first-order valence-electron chi connectivity index (χ1n) is 7.51. The number of rotatable bonds is 3. The number of thiophene rings is 1. The quantitative estimate of drug-likeness (QED) is 0.846. The van der Waals surface area contributed by atoms with Gasteiger partial charge >= 0.3 is 0 Å². The summed E-state index contributed by atoms with van der Waals surface area (Å²) in [5, 5.41) is 1.77. The third kappa shape index (κ3) is 4.30. The summed E-state index contributed by atoms with van der Waals surface area (Å²) in [5.41, 5.74) is -0.0495. The first-order valence-corrected chi connectivity index (χ1v) is 9.83. The molecule has 1 aliphatic heterocycles. The first-order chi connectivity index (χ1) is 10.2. The molecule has 1 fully saturated rings. The molecule has 1 saturated heterocycles. The standard InChI is InChI=1S/C15H24N2O3S2/c1-15(2,3)12-13(18)16-7-5-8-17(10-9-16)22(19,20)14-6-4-11-21-14/h4,6,11H,5,7-10,12H2,1-3H3. The zero-order valence-electron chi connectivity index (χ0n) is 13.4. The maximum absolute atomic E-state index is 12.5. The number of carbonyl (C=O) groups excluding carboxylic acids is 1. The molecular formula is C15H24N2O3S2. The van der Waals surface area contributed by atoms with Crippen molar-refractivity contribution in [3.05, 3.63) is 17.5 Å². The summed E-state index contributed by atoms with van der Waals surface area (Å²) < 4.78 is 27.0. The van der Waals surface area contributed by atoms with Crippen molar-refractivity contribution in [2.75, 3.05) is 26.2 Å². The van der Waals surface area contributed by atoms with E-state index in [0.717, 1.165) is 0 Å². The van der Waals surface area contributed by atoms with Gasteiger partial charge in [-0.2, -0.15) is 4.31 Å². The largest absolute Gasteiger partial charge is 0.341 e. The average Bonchev–Trinajstić information content (AvgIpc) is 2.81. The molecule has 1 aromatic heterocycles. The lowest BCUT2D eigenvalue weighted by Crippen LogP contribution is -2.38. The highest BCUT2D eigenvalue weighted by Crippen LogP contribution is 2.23. The van der Waals surface area contributed by atoms with Gasteiger partial charge in [-0.15, -0.1) is 11.3 Å². The van der Waals surface area contributed by atoms with E-state index >= 15 is 0 Å². The molecule has 0 bridgehead atoms. The summed E-state index contributed by atoms with van der Waals surface area (Å²) in [6.45, 7) is 8.06. The zero-order chi connectivity index (χ0) is 16.4. The summed E-state index contributed by atoms with van der Waals surface area (Å²) in [7, 11) is -3.41. The Kier molecular flexibility index (Phi) is 5.29. The van der Waals surface area contributed by atoms with Gasteiger partial charge in [-0.1, -0.05) is 26.8 Å². The molecule has 2 rings (SSSR count). The van der Waals surface area contributed by atoms with Gasteiger partial charge in [0.2, 0.25) is 5.91 Å². The molecule has 0 aliphatic carbocycles. The highest BCUT2D eigenvalue weighted by molar-refractivity contribution is 7.91. The molecule has 0 aromatic carbocycles. The summed E-state index contributed by atoms with van der Waals surface area (Å²) in [6, 6.07) is 3.38. The monoisotopic (exact) mass is 344 g/mol. The minimum absolute atomic E-state index is 0.0495. The molecule has 0 atom stereocenters. The second-order valence-corrected chi connectivity index (χ2v) is 9.92. The Morgan fingerprint density at radius 1 is 1.23 bits per heavy atom. The van der Waals surface area contributed by atoms with Gasteiger partial charge in [0.1, 0.15) is 4.21 Å². The summed E-state index contributed by atoms with van der Waals surface area (Å²) >= 11 is 1.24. The topological polar surface area (TPSA) is 57.7 Å². The van der Waals surface area contributed by atoms with Gasteiger partial charge in [0.15, 0.2) is 0 Å². The van der Waals surface area contributed by atoms with Crippen molar-refractivity contribution in [3.8, 4) is 0 Å². The van der Waals surface area contributed by atoms with Crippen LogP contribution in [0.1, 0.15) is 33.6 Å². The molecule has 1 amide bonds. The Morgan fingerprint density at radius 2 is 1.95 bits per heavy atom. The predicted octanol–water partition coefficient (Wildman–Crippen LogP) is 2.41. The number of hydrogen-bond acceptors (Lipinski definition) is 4. The van der Waals surface area contributed by atoms with Gasteiger partial charge in [-0.3, -0.25) is 4.79 Å². The fourth-order valence-corrected chi connectivity index (χ4v) is 5.10. The minimum atomic E-state index is -3.41. The average molecular weight is 345 g/mol. The molecule has 0 unspecified atom stereocenters. The van der Waals surface area contributed by atoms with Crippen LogP contribution in [0.25, 0.3) is 0 Å². The Morgan fingerprint density at radius 3 is 2.55 bits per heavy atom. The van der Waals surface area contributed by atoms with Crippen molar-refractivity contribution >= 4 is 27.3 Å². The number of amides is 1. The Hall–Kier alpha value is -0.920. The van der Waals surface area contributed by atoms with Crippen molar-refractivity contribution in [2.45, 2.75) is 37.8 Å². The molecule has 7 heteroatoms. The molecule has 1 aromatic rings. The zero-order valence-corrected chi connectivity index (χ0v) is 15.0. The molecular weight excluding hydrogens is 320 g/mol. The van der Waals surface area contributed by atoms with E-state index in [2.05, 4.69) is 0 Å². The Labute approximate surface area is 137 Å². The number of carbonyl (C=O) groups is 1. The normalized spacial score (nSPS) is 18.2. The summed E-state index contributed by atoms with van der Waals surface area (Å²) in [6.07, 6.45) is 1.17. The maximum Gasteiger partial charge on any atom is 0.252 e. The van der Waals surface area contributed by atoms with Crippen LogP contribution in [-0.2, 0) is 14.8 Å². The van der Waals surface area contributed by atoms with E-state index in [1.54, 1.807) is 22.4 Å². The van der Waals surface area contributed by atoms with E-state index in [9.17, 15) is 13.2 Å². The second kappa shape index (κ2) is 6.68. The summed E-state index contributed by atoms with van der Waals surface area (Å²) in [5.74, 6) is 0.114. The van der Waals surface area contributed by atoms with Gasteiger partial charge in [0, 0.05) is 32.6 Å². The second-order valence-electron chi connectivity index (χ2n) is 6.81. The van der Waals surface area contributed by atoms with Crippen molar-refractivity contribution in [1.29, 1.82) is 0 Å². The third-order valence-electron chi connectivity index (χ3n) is 3.58. The van der Waals surface area contributed by atoms with Gasteiger partial charge in [-0.25, -0.2) is 8.42 Å². The highest BCUT2D eigenvalue weighted by atomic mass is 32.2. The molecule has 124 valence electrons. The van der Waals surface area contributed by atoms with Crippen LogP contribution in [0.15, 0.2) is 21.7 Å².